The molecule has 3 aromatic rings. The Balaban J connectivity index is 1.63. The van der Waals surface area contributed by atoms with Crippen molar-refractivity contribution in [1.82, 2.24) is 5.43 Å². The second-order valence-electron chi connectivity index (χ2n) is 6.49. The number of hydrogen-bond donors (Lipinski definition) is 2. The lowest BCUT2D eigenvalue weighted by atomic mass is 10.1. The number of carbonyl (C=O) groups is 2. The fourth-order valence-electron chi connectivity index (χ4n) is 2.69. The van der Waals surface area contributed by atoms with Gasteiger partial charge in [0.25, 0.3) is 11.8 Å². The van der Waals surface area contributed by atoms with Gasteiger partial charge >= 0.3 is 0 Å². The fourth-order valence-corrected chi connectivity index (χ4v) is 2.81. The Labute approximate surface area is 174 Å². The average Bonchev–Trinajstić information content (AvgIpc) is 2.73. The third kappa shape index (κ3) is 5.30. The van der Waals surface area contributed by atoms with Crippen molar-refractivity contribution in [3.63, 3.8) is 0 Å². The van der Waals surface area contributed by atoms with Crippen molar-refractivity contribution < 1.29 is 9.59 Å². The molecule has 2 N–H and O–H groups in total. The van der Waals surface area contributed by atoms with Crippen LogP contribution in [0.5, 0.6) is 0 Å². The van der Waals surface area contributed by atoms with Gasteiger partial charge in [-0.3, -0.25) is 9.59 Å². The number of hydrogen-bond acceptors (Lipinski definition) is 3. The first-order valence-corrected chi connectivity index (χ1v) is 9.39. The van der Waals surface area contributed by atoms with E-state index in [4.69, 9.17) is 11.6 Å². The number of rotatable bonds is 5. The van der Waals surface area contributed by atoms with Crippen LogP contribution in [0.2, 0.25) is 5.02 Å². The first-order chi connectivity index (χ1) is 13.9. The number of benzene rings is 3. The molecule has 3 rings (SSSR count). The summed E-state index contributed by atoms with van der Waals surface area (Å²) in [7, 11) is 0. The van der Waals surface area contributed by atoms with Gasteiger partial charge in [-0.1, -0.05) is 41.9 Å². The summed E-state index contributed by atoms with van der Waals surface area (Å²) >= 11 is 5.84. The highest BCUT2D eigenvalue weighted by molar-refractivity contribution is 6.30. The molecule has 5 nitrogen and oxygen atoms in total. The molecule has 0 atom stereocenters. The molecule has 0 heterocycles. The van der Waals surface area contributed by atoms with Gasteiger partial charge in [0.1, 0.15) is 0 Å². The highest BCUT2D eigenvalue weighted by Gasteiger charge is 2.08. The lowest BCUT2D eigenvalue weighted by molar-refractivity contribution is 0.0953. The SMILES string of the molecule is C/C(=N/NC(=O)c1ccccc1C)c1ccc(NC(=O)c2ccc(Cl)cc2)cc1. The molecule has 0 aliphatic carbocycles. The van der Waals surface area contributed by atoms with Gasteiger partial charge in [-0.15, -0.1) is 0 Å². The minimum atomic E-state index is -0.255. The highest BCUT2D eigenvalue weighted by atomic mass is 35.5. The van der Waals surface area contributed by atoms with E-state index in [1.807, 2.05) is 37.3 Å². The van der Waals surface area contributed by atoms with Gasteiger partial charge in [-0.05, 0) is 67.4 Å². The average molecular weight is 406 g/mol. The van der Waals surface area contributed by atoms with Crippen molar-refractivity contribution in [2.75, 3.05) is 5.32 Å². The molecule has 0 aromatic heterocycles. The molecule has 0 aliphatic heterocycles. The summed E-state index contributed by atoms with van der Waals surface area (Å²) in [6, 6.07) is 21.2. The van der Waals surface area contributed by atoms with Crippen molar-refractivity contribution >= 4 is 34.8 Å². The molecule has 0 radical (unpaired) electrons. The molecule has 6 heteroatoms. The van der Waals surface area contributed by atoms with E-state index in [0.29, 0.717) is 27.5 Å². The lowest BCUT2D eigenvalue weighted by Crippen LogP contribution is -2.20. The maximum absolute atomic E-state index is 12.3. The number of carbonyl (C=O) groups excluding carboxylic acids is 2. The Hall–Kier alpha value is -3.44. The smallest absolute Gasteiger partial charge is 0.271 e. The Morgan fingerprint density at radius 3 is 2.10 bits per heavy atom. The zero-order valence-electron chi connectivity index (χ0n) is 16.1. The predicted octanol–water partition coefficient (Wildman–Crippen LogP) is 5.05. The molecular weight excluding hydrogens is 386 g/mol. The van der Waals surface area contributed by atoms with Crippen LogP contribution in [0.25, 0.3) is 0 Å². The summed E-state index contributed by atoms with van der Waals surface area (Å²) in [5.41, 5.74) is 6.72. The van der Waals surface area contributed by atoms with Crippen LogP contribution in [-0.2, 0) is 0 Å². The lowest BCUT2D eigenvalue weighted by Gasteiger charge is -2.08. The molecule has 3 aromatic carbocycles. The van der Waals surface area contributed by atoms with Gasteiger partial charge in [-0.2, -0.15) is 5.10 Å². The largest absolute Gasteiger partial charge is 0.322 e. The number of amides is 2. The summed E-state index contributed by atoms with van der Waals surface area (Å²) in [4.78, 5) is 24.5. The van der Waals surface area contributed by atoms with Crippen LogP contribution in [0.4, 0.5) is 5.69 Å². The van der Waals surface area contributed by atoms with E-state index in [9.17, 15) is 9.59 Å². The molecule has 0 saturated carbocycles. The van der Waals surface area contributed by atoms with Crippen molar-refractivity contribution in [1.29, 1.82) is 0 Å². The van der Waals surface area contributed by atoms with Gasteiger partial charge in [-0.25, -0.2) is 5.43 Å². The van der Waals surface area contributed by atoms with E-state index in [0.717, 1.165) is 11.1 Å². The second-order valence-corrected chi connectivity index (χ2v) is 6.93. The minimum absolute atomic E-state index is 0.217. The molecule has 0 unspecified atom stereocenters. The van der Waals surface area contributed by atoms with Crippen LogP contribution in [0, 0.1) is 6.92 Å². The van der Waals surface area contributed by atoms with Gasteiger partial charge in [0.05, 0.1) is 5.71 Å². The first kappa shape index (κ1) is 20.3. The first-order valence-electron chi connectivity index (χ1n) is 9.01. The highest BCUT2D eigenvalue weighted by Crippen LogP contribution is 2.14. The number of halogens is 1. The van der Waals surface area contributed by atoms with Gasteiger partial charge < -0.3 is 5.32 Å². The van der Waals surface area contributed by atoms with Crippen molar-refractivity contribution in [3.05, 3.63) is 100 Å². The van der Waals surface area contributed by atoms with Crippen LogP contribution in [-0.4, -0.2) is 17.5 Å². The van der Waals surface area contributed by atoms with Crippen LogP contribution in [0.15, 0.2) is 77.9 Å². The van der Waals surface area contributed by atoms with E-state index in [2.05, 4.69) is 15.8 Å². The summed E-state index contributed by atoms with van der Waals surface area (Å²) in [6.45, 7) is 3.68. The molecular formula is C23H20ClN3O2. The number of anilines is 1. The Bertz CT molecular complexity index is 1060. The molecule has 29 heavy (non-hydrogen) atoms. The Morgan fingerprint density at radius 1 is 0.828 bits per heavy atom. The van der Waals surface area contributed by atoms with Crippen LogP contribution >= 0.6 is 11.6 Å². The van der Waals surface area contributed by atoms with E-state index in [1.165, 1.54) is 0 Å². The van der Waals surface area contributed by atoms with Gasteiger partial charge in [0.15, 0.2) is 0 Å². The van der Waals surface area contributed by atoms with Crippen molar-refractivity contribution in [2.24, 2.45) is 5.10 Å². The summed E-state index contributed by atoms with van der Waals surface area (Å²) in [6.07, 6.45) is 0. The molecule has 0 saturated heterocycles. The third-order valence-electron chi connectivity index (χ3n) is 4.38. The van der Waals surface area contributed by atoms with E-state index in [-0.39, 0.29) is 11.8 Å². The number of hydrazone groups is 1. The summed E-state index contributed by atoms with van der Waals surface area (Å²) < 4.78 is 0. The maximum atomic E-state index is 12.3. The molecule has 0 spiro atoms. The molecule has 2 amide bonds. The maximum Gasteiger partial charge on any atom is 0.271 e. The monoisotopic (exact) mass is 405 g/mol. The number of aryl methyl sites for hydroxylation is 1. The molecule has 146 valence electrons. The fraction of sp³-hybridized carbons (Fsp3) is 0.0870. The second kappa shape index (κ2) is 9.17. The van der Waals surface area contributed by atoms with Crippen LogP contribution in [0.1, 0.15) is 38.8 Å². The van der Waals surface area contributed by atoms with Crippen molar-refractivity contribution in [2.45, 2.75) is 13.8 Å². The number of nitrogens with one attached hydrogen (secondary N) is 2. The van der Waals surface area contributed by atoms with E-state index in [1.54, 1.807) is 49.4 Å². The van der Waals surface area contributed by atoms with Crippen LogP contribution < -0.4 is 10.7 Å². The van der Waals surface area contributed by atoms with E-state index >= 15 is 0 Å². The standard InChI is InChI=1S/C23H20ClN3O2/c1-15-5-3-4-6-21(15)23(29)27-26-16(2)17-9-13-20(14-10-17)25-22(28)18-7-11-19(24)12-8-18/h3-14H,1-2H3,(H,25,28)(H,27,29)/b26-16-. The Kier molecular flexibility index (Phi) is 6.42. The van der Waals surface area contributed by atoms with E-state index < -0.39 is 0 Å². The van der Waals surface area contributed by atoms with Gasteiger partial charge in [0.2, 0.25) is 0 Å². The summed E-state index contributed by atoms with van der Waals surface area (Å²) in [5, 5.41) is 7.58. The molecule has 0 fully saturated rings. The normalized spacial score (nSPS) is 11.1. The summed E-state index contributed by atoms with van der Waals surface area (Å²) in [5.74, 6) is -0.473. The third-order valence-corrected chi connectivity index (χ3v) is 4.63. The van der Waals surface area contributed by atoms with Crippen LogP contribution in [0.3, 0.4) is 0 Å². The Morgan fingerprint density at radius 2 is 1.45 bits per heavy atom. The van der Waals surface area contributed by atoms with Gasteiger partial charge in [0, 0.05) is 21.8 Å². The molecule has 0 aliphatic rings. The minimum Gasteiger partial charge on any atom is -0.322 e. The zero-order chi connectivity index (χ0) is 20.8. The molecule has 0 bridgehead atoms. The van der Waals surface area contributed by atoms with Crippen molar-refractivity contribution in [3.8, 4) is 0 Å². The zero-order valence-corrected chi connectivity index (χ0v) is 16.8. The quantitative estimate of drug-likeness (QED) is 0.460. The predicted molar refractivity (Wildman–Crippen MR) is 117 cm³/mol. The number of nitrogens with zero attached hydrogens (tertiary/aromatic N) is 1. The topological polar surface area (TPSA) is 70.6 Å².